The van der Waals surface area contributed by atoms with Crippen LogP contribution < -0.4 is 0 Å². The zero-order valence-electron chi connectivity index (χ0n) is 14.9. The summed E-state index contributed by atoms with van der Waals surface area (Å²) in [5.74, 6) is 1.95. The van der Waals surface area contributed by atoms with Gasteiger partial charge in [-0.05, 0) is 38.1 Å². The summed E-state index contributed by atoms with van der Waals surface area (Å²) in [6.07, 6.45) is 0. The van der Waals surface area contributed by atoms with Gasteiger partial charge in [-0.2, -0.15) is 0 Å². The van der Waals surface area contributed by atoms with E-state index in [9.17, 15) is 0 Å². The summed E-state index contributed by atoms with van der Waals surface area (Å²) in [7, 11) is 0. The van der Waals surface area contributed by atoms with Crippen molar-refractivity contribution in [2.24, 2.45) is 0 Å². The molecular formula is C18H21ClN4OS. The van der Waals surface area contributed by atoms with Crippen LogP contribution in [-0.2, 0) is 10.2 Å². The van der Waals surface area contributed by atoms with Crippen LogP contribution in [0.4, 0.5) is 0 Å². The SMILES string of the molecule is CC(C)(C)c1cc(-c2nnc(C(C)(C)Sc3ccc(Cl)cc3)[nH]2)on1. The number of H-pyrrole nitrogens is 1. The third-order valence-electron chi connectivity index (χ3n) is 3.76. The average Bonchev–Trinajstić information content (AvgIpc) is 3.17. The van der Waals surface area contributed by atoms with E-state index < -0.39 is 0 Å². The fourth-order valence-electron chi connectivity index (χ4n) is 2.23. The monoisotopic (exact) mass is 376 g/mol. The Kier molecular flexibility index (Phi) is 4.68. The number of benzene rings is 1. The predicted octanol–water partition coefficient (Wildman–Crippen LogP) is 5.44. The zero-order chi connectivity index (χ0) is 18.2. The number of aromatic nitrogens is 4. The maximum Gasteiger partial charge on any atom is 0.204 e. The van der Waals surface area contributed by atoms with E-state index in [2.05, 4.69) is 55.0 Å². The van der Waals surface area contributed by atoms with E-state index >= 15 is 0 Å². The number of hydrogen-bond donors (Lipinski definition) is 1. The number of rotatable bonds is 4. The van der Waals surface area contributed by atoms with E-state index in [0.717, 1.165) is 21.4 Å². The second kappa shape index (κ2) is 6.50. The summed E-state index contributed by atoms with van der Waals surface area (Å²) in [4.78, 5) is 4.38. The molecule has 1 aromatic carbocycles. The van der Waals surface area contributed by atoms with Crippen LogP contribution in [0, 0.1) is 0 Å². The second-order valence-electron chi connectivity index (χ2n) is 7.41. The number of thioether (sulfide) groups is 1. The van der Waals surface area contributed by atoms with Crippen LogP contribution in [-0.4, -0.2) is 20.3 Å². The summed E-state index contributed by atoms with van der Waals surface area (Å²) in [6, 6.07) is 9.67. The van der Waals surface area contributed by atoms with Gasteiger partial charge in [-0.3, -0.25) is 0 Å². The molecule has 3 aromatic rings. The van der Waals surface area contributed by atoms with Gasteiger partial charge in [-0.15, -0.1) is 22.0 Å². The molecule has 3 rings (SSSR count). The van der Waals surface area contributed by atoms with E-state index in [1.165, 1.54) is 0 Å². The summed E-state index contributed by atoms with van der Waals surface area (Å²) in [6.45, 7) is 10.5. The van der Waals surface area contributed by atoms with Crippen LogP contribution in [0.25, 0.3) is 11.6 Å². The first kappa shape index (κ1) is 18.0. The molecule has 0 aliphatic rings. The Bertz CT molecular complexity index is 862. The first-order valence-electron chi connectivity index (χ1n) is 8.00. The number of halogens is 1. The Morgan fingerprint density at radius 2 is 1.72 bits per heavy atom. The van der Waals surface area contributed by atoms with Crippen molar-refractivity contribution in [2.45, 2.75) is 49.7 Å². The molecule has 0 amide bonds. The Hall–Kier alpha value is -1.79. The highest BCUT2D eigenvalue weighted by atomic mass is 35.5. The summed E-state index contributed by atoms with van der Waals surface area (Å²) < 4.78 is 5.14. The molecule has 1 N–H and O–H groups in total. The van der Waals surface area contributed by atoms with Crippen molar-refractivity contribution >= 4 is 23.4 Å². The second-order valence-corrected chi connectivity index (χ2v) is 9.55. The molecule has 0 saturated carbocycles. The molecule has 0 aliphatic carbocycles. The highest BCUT2D eigenvalue weighted by Crippen LogP contribution is 2.40. The van der Waals surface area contributed by atoms with Crippen LogP contribution >= 0.6 is 23.4 Å². The van der Waals surface area contributed by atoms with Gasteiger partial charge in [-0.1, -0.05) is 37.5 Å². The molecule has 2 heterocycles. The van der Waals surface area contributed by atoms with Gasteiger partial charge in [0.15, 0.2) is 5.82 Å². The Morgan fingerprint density at radius 1 is 1.04 bits per heavy atom. The Morgan fingerprint density at radius 3 is 2.32 bits per heavy atom. The van der Waals surface area contributed by atoms with Gasteiger partial charge >= 0.3 is 0 Å². The highest BCUT2D eigenvalue weighted by molar-refractivity contribution is 8.00. The quantitative estimate of drug-likeness (QED) is 0.614. The minimum Gasteiger partial charge on any atom is -0.353 e. The number of hydrogen-bond acceptors (Lipinski definition) is 5. The van der Waals surface area contributed by atoms with Crippen LogP contribution in [0.15, 0.2) is 39.8 Å². The van der Waals surface area contributed by atoms with Gasteiger partial charge in [-0.25, -0.2) is 0 Å². The molecule has 0 fully saturated rings. The van der Waals surface area contributed by atoms with Crippen molar-refractivity contribution in [3.8, 4) is 11.6 Å². The lowest BCUT2D eigenvalue weighted by Gasteiger charge is -2.20. The van der Waals surface area contributed by atoms with Gasteiger partial charge in [0.25, 0.3) is 0 Å². The zero-order valence-corrected chi connectivity index (χ0v) is 16.5. The first-order valence-corrected chi connectivity index (χ1v) is 9.20. The lowest BCUT2D eigenvalue weighted by molar-refractivity contribution is 0.400. The third-order valence-corrected chi connectivity index (χ3v) is 5.22. The molecule has 5 nitrogen and oxygen atoms in total. The van der Waals surface area contributed by atoms with E-state index in [-0.39, 0.29) is 10.2 Å². The van der Waals surface area contributed by atoms with Crippen molar-refractivity contribution in [3.63, 3.8) is 0 Å². The van der Waals surface area contributed by atoms with Crippen molar-refractivity contribution < 1.29 is 4.52 Å². The normalized spacial score (nSPS) is 12.6. The molecule has 0 spiro atoms. The van der Waals surface area contributed by atoms with Crippen LogP contribution in [0.3, 0.4) is 0 Å². The van der Waals surface area contributed by atoms with E-state index in [1.807, 2.05) is 30.3 Å². The molecule has 0 bridgehead atoms. The largest absolute Gasteiger partial charge is 0.353 e. The van der Waals surface area contributed by atoms with Gasteiger partial charge in [0.2, 0.25) is 5.76 Å². The number of aromatic amines is 1. The number of nitrogens with one attached hydrogen (secondary N) is 1. The predicted molar refractivity (Wildman–Crippen MR) is 101 cm³/mol. The highest BCUT2D eigenvalue weighted by Gasteiger charge is 2.28. The lowest BCUT2D eigenvalue weighted by Crippen LogP contribution is -2.14. The summed E-state index contributed by atoms with van der Waals surface area (Å²) in [5, 5.41) is 13.4. The van der Waals surface area contributed by atoms with Crippen molar-refractivity contribution in [2.75, 3.05) is 0 Å². The number of nitrogens with zero attached hydrogens (tertiary/aromatic N) is 3. The first-order chi connectivity index (χ1) is 11.6. The van der Waals surface area contributed by atoms with Gasteiger partial charge in [0, 0.05) is 21.4 Å². The fourth-order valence-corrected chi connectivity index (χ4v) is 3.41. The van der Waals surface area contributed by atoms with Crippen LogP contribution in [0.2, 0.25) is 5.02 Å². The van der Waals surface area contributed by atoms with E-state index in [4.69, 9.17) is 16.1 Å². The Labute approximate surface area is 156 Å². The third kappa shape index (κ3) is 4.07. The molecule has 0 unspecified atom stereocenters. The van der Waals surface area contributed by atoms with Crippen LogP contribution in [0.5, 0.6) is 0 Å². The molecule has 7 heteroatoms. The molecule has 0 aliphatic heterocycles. The summed E-state index contributed by atoms with van der Waals surface area (Å²) >= 11 is 7.64. The van der Waals surface area contributed by atoms with Crippen LogP contribution in [0.1, 0.15) is 46.1 Å². The molecule has 0 radical (unpaired) electrons. The van der Waals surface area contributed by atoms with Crippen molar-refractivity contribution in [3.05, 3.63) is 46.9 Å². The van der Waals surface area contributed by atoms with Gasteiger partial charge in [0.05, 0.1) is 10.4 Å². The maximum atomic E-state index is 5.95. The standard InChI is InChI=1S/C18H21ClN4OS/c1-17(2,3)14-10-13(24-23-14)15-20-16(22-21-15)18(4,5)25-12-8-6-11(19)7-9-12/h6-10H,1-5H3,(H,20,21,22). The summed E-state index contributed by atoms with van der Waals surface area (Å²) in [5.41, 5.74) is 0.809. The van der Waals surface area contributed by atoms with Gasteiger partial charge < -0.3 is 9.51 Å². The molecule has 2 aromatic heterocycles. The van der Waals surface area contributed by atoms with Gasteiger partial charge in [0.1, 0.15) is 5.82 Å². The smallest absolute Gasteiger partial charge is 0.204 e. The van der Waals surface area contributed by atoms with E-state index in [1.54, 1.807) is 11.8 Å². The molecule has 0 saturated heterocycles. The van der Waals surface area contributed by atoms with Crippen molar-refractivity contribution in [1.29, 1.82) is 0 Å². The fraction of sp³-hybridized carbons (Fsp3) is 0.389. The molecular weight excluding hydrogens is 356 g/mol. The maximum absolute atomic E-state index is 5.95. The molecule has 25 heavy (non-hydrogen) atoms. The lowest BCUT2D eigenvalue weighted by atomic mass is 9.92. The Balaban J connectivity index is 1.82. The van der Waals surface area contributed by atoms with E-state index in [0.29, 0.717) is 11.6 Å². The minimum absolute atomic E-state index is 0.0751. The van der Waals surface area contributed by atoms with Crippen molar-refractivity contribution in [1.82, 2.24) is 20.3 Å². The average molecular weight is 377 g/mol. The molecule has 132 valence electrons. The minimum atomic E-state index is -0.286. The topological polar surface area (TPSA) is 67.6 Å². The molecule has 0 atom stereocenters.